The average molecular weight is 810 g/mol. The molecule has 312 valence electrons. The van der Waals surface area contributed by atoms with Crippen LogP contribution in [0.4, 0.5) is 22.2 Å². The summed E-state index contributed by atoms with van der Waals surface area (Å²) in [6.45, 7) is 12.1. The molecule has 1 aliphatic heterocycles. The van der Waals surface area contributed by atoms with Gasteiger partial charge in [-0.25, -0.2) is 14.8 Å². The van der Waals surface area contributed by atoms with E-state index in [-0.39, 0.29) is 53.0 Å². The van der Waals surface area contributed by atoms with E-state index < -0.39 is 47.4 Å². The first-order valence-electron chi connectivity index (χ1n) is 19.3. The molecule has 6 amide bonds. The summed E-state index contributed by atoms with van der Waals surface area (Å²) in [4.78, 5) is 95.7. The Morgan fingerprint density at radius 1 is 0.831 bits per heavy atom. The van der Waals surface area contributed by atoms with Crippen LogP contribution in [0, 0.1) is 5.92 Å². The molecular weight excluding hydrogens is 759 g/mol. The number of aromatic nitrogens is 4. The van der Waals surface area contributed by atoms with Gasteiger partial charge in [-0.2, -0.15) is 9.97 Å². The number of hydrogen-bond donors (Lipinski definition) is 6. The van der Waals surface area contributed by atoms with E-state index in [0.717, 1.165) is 10.5 Å². The Morgan fingerprint density at radius 2 is 1.53 bits per heavy atom. The second-order valence-electron chi connectivity index (χ2n) is 15.8. The summed E-state index contributed by atoms with van der Waals surface area (Å²) < 4.78 is 5.26. The number of rotatable bonds is 15. The number of nitrogens with zero attached hydrogens (tertiary/aromatic N) is 5. The van der Waals surface area contributed by atoms with Crippen molar-refractivity contribution in [2.24, 2.45) is 5.92 Å². The summed E-state index contributed by atoms with van der Waals surface area (Å²) in [5.41, 5.74) is 14.3. The van der Waals surface area contributed by atoms with E-state index in [1.54, 1.807) is 52.9 Å². The summed E-state index contributed by atoms with van der Waals surface area (Å²) >= 11 is 0. The van der Waals surface area contributed by atoms with Gasteiger partial charge in [0.2, 0.25) is 17.8 Å². The number of fused-ring (bicyclic) bond motifs is 2. The number of anilines is 3. The Labute approximate surface area is 341 Å². The van der Waals surface area contributed by atoms with Crippen molar-refractivity contribution in [3.05, 3.63) is 76.6 Å². The minimum absolute atomic E-state index is 0.0329. The number of hydrogen-bond acceptors (Lipinski definition) is 13. The highest BCUT2D eigenvalue weighted by molar-refractivity contribution is 6.22. The number of nitrogens with two attached hydrogens (primary N) is 2. The Bertz CT molecular complexity index is 2260. The maximum absolute atomic E-state index is 13.3. The van der Waals surface area contributed by atoms with Gasteiger partial charge in [0, 0.05) is 23.8 Å². The summed E-state index contributed by atoms with van der Waals surface area (Å²) in [6.07, 6.45) is 3.04. The van der Waals surface area contributed by atoms with Gasteiger partial charge in [0.05, 0.1) is 23.0 Å². The second-order valence-corrected chi connectivity index (χ2v) is 15.8. The van der Waals surface area contributed by atoms with Crippen LogP contribution in [-0.4, -0.2) is 90.7 Å². The standard InChI is InChI=1S/C41H51N11O7/c1-21(2)30(49-40(58)59-41(5,6)7)36(55)46-23(4)34(53)48-26-16-17-28-29(19-26)38(57)52(37(28)56)18-8-9-22(3)45-35(54)25-13-10-24(11-14-25)12-15-27-20-44-33-31(47-27)32(42)50-39(43)51-33/h10-11,13-14,16-17,19-23,30H,8-9,12,15,18H2,1-7H3,(H,45,54)(H,46,55)(H,48,53)(H,49,58)(H4,42,43,44,50,51)/t22-,23+,30+/m1/s1. The van der Waals surface area contributed by atoms with Gasteiger partial charge in [0.15, 0.2) is 17.0 Å². The highest BCUT2D eigenvalue weighted by Crippen LogP contribution is 2.27. The van der Waals surface area contributed by atoms with E-state index in [1.807, 2.05) is 19.1 Å². The second kappa shape index (κ2) is 18.3. The first-order chi connectivity index (χ1) is 27.8. The molecule has 3 heterocycles. The Morgan fingerprint density at radius 3 is 2.20 bits per heavy atom. The van der Waals surface area contributed by atoms with E-state index in [9.17, 15) is 28.8 Å². The summed E-state index contributed by atoms with van der Waals surface area (Å²) in [6, 6.07) is 9.45. The molecule has 2 aromatic heterocycles. The predicted molar refractivity (Wildman–Crippen MR) is 220 cm³/mol. The van der Waals surface area contributed by atoms with Crippen molar-refractivity contribution in [2.45, 2.75) is 97.9 Å². The quantitative estimate of drug-likeness (QED) is 0.0940. The van der Waals surface area contributed by atoms with Crippen LogP contribution in [0.25, 0.3) is 11.2 Å². The van der Waals surface area contributed by atoms with Gasteiger partial charge in [-0.3, -0.25) is 28.9 Å². The van der Waals surface area contributed by atoms with Gasteiger partial charge in [0.25, 0.3) is 17.7 Å². The molecule has 0 spiro atoms. The van der Waals surface area contributed by atoms with E-state index in [4.69, 9.17) is 16.2 Å². The van der Waals surface area contributed by atoms with Crippen molar-refractivity contribution in [2.75, 3.05) is 23.3 Å². The zero-order valence-electron chi connectivity index (χ0n) is 34.2. The van der Waals surface area contributed by atoms with Crippen LogP contribution in [0.1, 0.15) is 104 Å². The summed E-state index contributed by atoms with van der Waals surface area (Å²) in [5, 5.41) is 10.8. The Kier molecular flexibility index (Phi) is 13.4. The lowest BCUT2D eigenvalue weighted by molar-refractivity contribution is -0.128. The molecule has 4 aromatic rings. The molecule has 0 aliphatic carbocycles. The third-order valence-corrected chi connectivity index (χ3v) is 9.40. The van der Waals surface area contributed by atoms with Gasteiger partial charge < -0.3 is 37.5 Å². The van der Waals surface area contributed by atoms with Crippen molar-refractivity contribution >= 4 is 64.2 Å². The Balaban J connectivity index is 1.06. The number of imide groups is 1. The van der Waals surface area contributed by atoms with Crippen LogP contribution < -0.4 is 32.7 Å². The SMILES string of the molecule is CC(C)[C@H](NC(=O)OC(C)(C)C)C(=O)N[C@@H](C)C(=O)Nc1ccc2c(c1)C(=O)N(CCC[C@@H](C)NC(=O)c1ccc(CCc3cnc4nc(N)nc(N)c4n3)cc1)C2=O. The number of amides is 6. The molecule has 2 aromatic carbocycles. The first-order valence-corrected chi connectivity index (χ1v) is 19.3. The highest BCUT2D eigenvalue weighted by atomic mass is 16.6. The molecule has 0 fully saturated rings. The van der Waals surface area contributed by atoms with Gasteiger partial charge in [-0.1, -0.05) is 26.0 Å². The van der Waals surface area contributed by atoms with Gasteiger partial charge in [-0.15, -0.1) is 0 Å². The number of carbonyl (C=O) groups is 6. The van der Waals surface area contributed by atoms with Crippen molar-refractivity contribution in [3.63, 3.8) is 0 Å². The fraction of sp³-hybridized carbons (Fsp3) is 0.415. The lowest BCUT2D eigenvalue weighted by atomic mass is 10.0. The van der Waals surface area contributed by atoms with Crippen LogP contribution in [0.2, 0.25) is 0 Å². The lowest BCUT2D eigenvalue weighted by Gasteiger charge is -2.26. The van der Waals surface area contributed by atoms with Crippen molar-refractivity contribution in [3.8, 4) is 0 Å². The fourth-order valence-corrected chi connectivity index (χ4v) is 6.29. The molecule has 1 aliphatic rings. The maximum atomic E-state index is 13.3. The van der Waals surface area contributed by atoms with Gasteiger partial charge in [-0.05, 0) is 102 Å². The number of benzene rings is 2. The van der Waals surface area contributed by atoms with Crippen molar-refractivity contribution in [1.29, 1.82) is 0 Å². The van der Waals surface area contributed by atoms with E-state index >= 15 is 0 Å². The largest absolute Gasteiger partial charge is 0.444 e. The van der Waals surface area contributed by atoms with Crippen molar-refractivity contribution in [1.82, 2.24) is 40.8 Å². The zero-order chi connectivity index (χ0) is 43.2. The third kappa shape index (κ3) is 11.2. The number of ether oxygens (including phenoxy) is 1. The minimum Gasteiger partial charge on any atom is -0.444 e. The summed E-state index contributed by atoms with van der Waals surface area (Å²) in [5.74, 6) is -2.44. The topological polar surface area (TPSA) is 267 Å². The molecule has 0 bridgehead atoms. The zero-order valence-corrected chi connectivity index (χ0v) is 34.2. The minimum atomic E-state index is -1.01. The molecule has 0 saturated heterocycles. The molecular formula is C41H51N11O7. The molecule has 18 heteroatoms. The van der Waals surface area contributed by atoms with Crippen LogP contribution in [0.3, 0.4) is 0 Å². The molecule has 3 atom stereocenters. The van der Waals surface area contributed by atoms with Gasteiger partial charge >= 0.3 is 6.09 Å². The maximum Gasteiger partial charge on any atom is 0.408 e. The molecule has 0 radical (unpaired) electrons. The van der Waals surface area contributed by atoms with E-state index in [0.29, 0.717) is 48.1 Å². The Hall–Kier alpha value is -6.72. The predicted octanol–water partition coefficient (Wildman–Crippen LogP) is 3.56. The van der Waals surface area contributed by atoms with E-state index in [1.165, 1.54) is 25.1 Å². The molecule has 0 saturated carbocycles. The number of aryl methyl sites for hydroxylation is 2. The highest BCUT2D eigenvalue weighted by Gasteiger charge is 2.36. The number of nitrogen functional groups attached to an aromatic ring is 2. The summed E-state index contributed by atoms with van der Waals surface area (Å²) in [7, 11) is 0. The van der Waals surface area contributed by atoms with E-state index in [2.05, 4.69) is 41.2 Å². The average Bonchev–Trinajstić information content (AvgIpc) is 3.39. The molecule has 18 nitrogen and oxygen atoms in total. The molecule has 5 rings (SSSR count). The molecule has 8 N–H and O–H groups in total. The van der Waals surface area contributed by atoms with Crippen LogP contribution >= 0.6 is 0 Å². The first kappa shape index (κ1) is 43.4. The van der Waals surface area contributed by atoms with Crippen LogP contribution in [0.5, 0.6) is 0 Å². The monoisotopic (exact) mass is 809 g/mol. The fourth-order valence-electron chi connectivity index (χ4n) is 6.29. The van der Waals surface area contributed by atoms with Crippen LogP contribution in [-0.2, 0) is 27.2 Å². The lowest BCUT2D eigenvalue weighted by Crippen LogP contribution is -2.54. The number of nitrogens with one attached hydrogen (secondary N) is 4. The number of carbonyl (C=O) groups excluding carboxylic acids is 6. The molecule has 59 heavy (non-hydrogen) atoms. The normalized spacial score (nSPS) is 14.1. The van der Waals surface area contributed by atoms with Gasteiger partial charge in [0.1, 0.15) is 17.7 Å². The third-order valence-electron chi connectivity index (χ3n) is 9.40. The number of alkyl carbamates (subject to hydrolysis) is 1. The smallest absolute Gasteiger partial charge is 0.408 e. The molecule has 0 unspecified atom stereocenters. The van der Waals surface area contributed by atoms with Crippen molar-refractivity contribution < 1.29 is 33.5 Å². The van der Waals surface area contributed by atoms with Crippen LogP contribution in [0.15, 0.2) is 48.7 Å².